The molecule has 4 aromatic rings. The van der Waals surface area contributed by atoms with Gasteiger partial charge in [-0.05, 0) is 58.4 Å². The lowest BCUT2D eigenvalue weighted by atomic mass is 10.1. The smallest absolute Gasteiger partial charge is 0.259 e. The lowest BCUT2D eigenvalue weighted by Gasteiger charge is -2.13. The van der Waals surface area contributed by atoms with Gasteiger partial charge >= 0.3 is 0 Å². The molecule has 156 valence electrons. The van der Waals surface area contributed by atoms with E-state index in [0.29, 0.717) is 36.7 Å². The molecule has 0 bridgehead atoms. The number of fused-ring (bicyclic) bond motifs is 1. The summed E-state index contributed by atoms with van der Waals surface area (Å²) in [7, 11) is 0. The molecule has 1 amide bonds. The SMILES string of the molecule is O=C(Nc1ccc(Oc2ccc(Cl)c3ccccc23)c(Cl)c1)c1cc(Cl)cc(Br)c1O. The van der Waals surface area contributed by atoms with Crippen molar-refractivity contribution in [3.05, 3.63) is 91.8 Å². The highest BCUT2D eigenvalue weighted by Crippen LogP contribution is 2.38. The van der Waals surface area contributed by atoms with Gasteiger partial charge < -0.3 is 15.2 Å². The summed E-state index contributed by atoms with van der Waals surface area (Å²) in [5, 5.41) is 15.8. The van der Waals surface area contributed by atoms with Gasteiger partial charge in [0.05, 0.1) is 15.1 Å². The second kappa shape index (κ2) is 8.97. The van der Waals surface area contributed by atoms with Gasteiger partial charge in [0, 0.05) is 26.5 Å². The number of phenols is 1. The fourth-order valence-electron chi connectivity index (χ4n) is 3.04. The van der Waals surface area contributed by atoms with Gasteiger partial charge in [0.15, 0.2) is 0 Å². The molecular weight excluding hydrogens is 525 g/mol. The van der Waals surface area contributed by atoms with Crippen LogP contribution < -0.4 is 10.1 Å². The standard InChI is InChI=1S/C23H13BrCl3NO3/c24-17-10-12(25)9-16(22(17)29)23(30)28-13-5-7-21(19(27)11-13)31-20-8-6-18(26)14-3-1-2-4-15(14)20/h1-11,29H,(H,28,30). The highest BCUT2D eigenvalue weighted by molar-refractivity contribution is 9.10. The van der Waals surface area contributed by atoms with E-state index in [1.165, 1.54) is 12.1 Å². The van der Waals surface area contributed by atoms with Gasteiger partial charge in [0.25, 0.3) is 5.91 Å². The summed E-state index contributed by atoms with van der Waals surface area (Å²) in [4.78, 5) is 12.6. The van der Waals surface area contributed by atoms with Crippen molar-refractivity contribution in [2.45, 2.75) is 0 Å². The highest BCUT2D eigenvalue weighted by Gasteiger charge is 2.16. The van der Waals surface area contributed by atoms with E-state index in [4.69, 9.17) is 39.5 Å². The van der Waals surface area contributed by atoms with Crippen LogP contribution in [0.25, 0.3) is 10.8 Å². The maximum absolute atomic E-state index is 12.6. The van der Waals surface area contributed by atoms with Crippen molar-refractivity contribution in [2.24, 2.45) is 0 Å². The topological polar surface area (TPSA) is 58.6 Å². The first kappa shape index (κ1) is 21.8. The van der Waals surface area contributed by atoms with Crippen molar-refractivity contribution in [1.82, 2.24) is 0 Å². The average Bonchev–Trinajstić information content (AvgIpc) is 2.74. The van der Waals surface area contributed by atoms with Crippen LogP contribution in [-0.4, -0.2) is 11.0 Å². The fourth-order valence-corrected chi connectivity index (χ4v) is 4.30. The minimum absolute atomic E-state index is 0.0310. The summed E-state index contributed by atoms with van der Waals surface area (Å²) in [6, 6.07) is 18.9. The number of amides is 1. The molecule has 0 fully saturated rings. The van der Waals surface area contributed by atoms with Crippen molar-refractivity contribution >= 4 is 73.1 Å². The van der Waals surface area contributed by atoms with Crippen LogP contribution in [0, 0.1) is 0 Å². The van der Waals surface area contributed by atoms with Crippen LogP contribution in [0.1, 0.15) is 10.4 Å². The van der Waals surface area contributed by atoms with Gasteiger partial charge in [-0.1, -0.05) is 59.1 Å². The molecule has 0 saturated carbocycles. The van der Waals surface area contributed by atoms with Gasteiger partial charge in [-0.3, -0.25) is 4.79 Å². The Bertz CT molecular complexity index is 1330. The largest absolute Gasteiger partial charge is 0.506 e. The van der Waals surface area contributed by atoms with Crippen molar-refractivity contribution in [1.29, 1.82) is 0 Å². The zero-order valence-electron chi connectivity index (χ0n) is 15.6. The Morgan fingerprint density at radius 1 is 0.871 bits per heavy atom. The van der Waals surface area contributed by atoms with Gasteiger partial charge in [-0.2, -0.15) is 0 Å². The normalized spacial score (nSPS) is 10.8. The molecular formula is C23H13BrCl3NO3. The number of ether oxygens (including phenoxy) is 1. The van der Waals surface area contributed by atoms with Crippen LogP contribution in [0.2, 0.25) is 15.1 Å². The number of phenolic OH excluding ortho intramolecular Hbond substituents is 1. The number of nitrogens with one attached hydrogen (secondary N) is 1. The van der Waals surface area contributed by atoms with Gasteiger partial charge in [0.1, 0.15) is 17.2 Å². The molecule has 0 unspecified atom stereocenters. The van der Waals surface area contributed by atoms with Crippen molar-refractivity contribution in [3.63, 3.8) is 0 Å². The quantitative estimate of drug-likeness (QED) is 0.275. The Labute approximate surface area is 201 Å². The fraction of sp³-hybridized carbons (Fsp3) is 0. The van der Waals surface area contributed by atoms with Gasteiger partial charge in [-0.15, -0.1) is 0 Å². The third-order valence-corrected chi connectivity index (χ3v) is 5.96. The van der Waals surface area contributed by atoms with Crippen LogP contribution in [0.4, 0.5) is 5.69 Å². The van der Waals surface area contributed by atoms with Crippen LogP contribution in [0.5, 0.6) is 17.2 Å². The summed E-state index contributed by atoms with van der Waals surface area (Å²) < 4.78 is 6.33. The number of hydrogen-bond acceptors (Lipinski definition) is 3. The maximum Gasteiger partial charge on any atom is 0.259 e. The molecule has 31 heavy (non-hydrogen) atoms. The Balaban J connectivity index is 1.58. The molecule has 0 aliphatic carbocycles. The lowest BCUT2D eigenvalue weighted by Crippen LogP contribution is -2.12. The molecule has 2 N–H and O–H groups in total. The number of aromatic hydroxyl groups is 1. The number of anilines is 1. The number of carbonyl (C=O) groups is 1. The summed E-state index contributed by atoms with van der Waals surface area (Å²) in [5.74, 6) is 0.282. The summed E-state index contributed by atoms with van der Waals surface area (Å²) >= 11 is 21.8. The van der Waals surface area contributed by atoms with Crippen LogP contribution >= 0.6 is 50.7 Å². The zero-order valence-corrected chi connectivity index (χ0v) is 19.5. The number of halogens is 4. The minimum Gasteiger partial charge on any atom is -0.506 e. The van der Waals surface area contributed by atoms with E-state index in [2.05, 4.69) is 21.2 Å². The number of rotatable bonds is 4. The first-order valence-corrected chi connectivity index (χ1v) is 10.9. The van der Waals surface area contributed by atoms with Crippen LogP contribution in [-0.2, 0) is 0 Å². The Morgan fingerprint density at radius 2 is 1.58 bits per heavy atom. The number of benzene rings is 4. The first-order valence-electron chi connectivity index (χ1n) is 8.97. The number of hydrogen-bond donors (Lipinski definition) is 2. The van der Waals surface area contributed by atoms with Gasteiger partial charge in [-0.25, -0.2) is 0 Å². The minimum atomic E-state index is -0.533. The second-order valence-electron chi connectivity index (χ2n) is 6.58. The van der Waals surface area contributed by atoms with E-state index < -0.39 is 5.91 Å². The predicted molar refractivity (Wildman–Crippen MR) is 129 cm³/mol. The molecule has 4 rings (SSSR count). The van der Waals surface area contributed by atoms with Gasteiger partial charge in [0.2, 0.25) is 0 Å². The first-order chi connectivity index (χ1) is 14.8. The highest BCUT2D eigenvalue weighted by atomic mass is 79.9. The van der Waals surface area contributed by atoms with E-state index in [1.807, 2.05) is 24.3 Å². The van der Waals surface area contributed by atoms with Crippen LogP contribution in [0.3, 0.4) is 0 Å². The molecule has 0 aliphatic rings. The molecule has 0 aliphatic heterocycles. The average molecular weight is 538 g/mol. The summed E-state index contributed by atoms with van der Waals surface area (Å²) in [5.41, 5.74) is 0.460. The molecule has 4 aromatic carbocycles. The maximum atomic E-state index is 12.6. The molecule has 0 heterocycles. The Kier molecular flexibility index (Phi) is 6.30. The Morgan fingerprint density at radius 3 is 2.32 bits per heavy atom. The number of carbonyl (C=O) groups excluding carboxylic acids is 1. The second-order valence-corrected chi connectivity index (χ2v) is 8.68. The van der Waals surface area contributed by atoms with Crippen molar-refractivity contribution < 1.29 is 14.6 Å². The Hall–Kier alpha value is -2.44. The predicted octanol–water partition coefficient (Wildman–Crippen LogP) is 8.31. The van der Waals surface area contributed by atoms with E-state index in [9.17, 15) is 9.90 Å². The summed E-state index contributed by atoms with van der Waals surface area (Å²) in [6.07, 6.45) is 0. The summed E-state index contributed by atoms with van der Waals surface area (Å²) in [6.45, 7) is 0. The van der Waals surface area contributed by atoms with E-state index in [-0.39, 0.29) is 11.3 Å². The molecule has 8 heteroatoms. The lowest BCUT2D eigenvalue weighted by molar-refractivity contribution is 0.102. The molecule has 0 radical (unpaired) electrons. The molecule has 0 atom stereocenters. The van der Waals surface area contributed by atoms with E-state index in [1.54, 1.807) is 30.3 Å². The van der Waals surface area contributed by atoms with E-state index >= 15 is 0 Å². The third-order valence-electron chi connectivity index (χ3n) is 4.51. The molecule has 0 spiro atoms. The van der Waals surface area contributed by atoms with Crippen LogP contribution in [0.15, 0.2) is 71.2 Å². The monoisotopic (exact) mass is 535 g/mol. The van der Waals surface area contributed by atoms with Crippen molar-refractivity contribution in [2.75, 3.05) is 5.32 Å². The third kappa shape index (κ3) is 4.60. The van der Waals surface area contributed by atoms with E-state index in [0.717, 1.165) is 10.8 Å². The molecule has 0 aromatic heterocycles. The van der Waals surface area contributed by atoms with Crippen molar-refractivity contribution in [3.8, 4) is 17.2 Å². The zero-order chi connectivity index (χ0) is 22.1. The molecule has 4 nitrogen and oxygen atoms in total. The molecule has 0 saturated heterocycles.